The molecule has 0 amide bonds. The molecule has 8 heteroatoms. The Labute approximate surface area is 383 Å². The fourth-order valence-corrected chi connectivity index (χ4v) is 11.7. The van der Waals surface area contributed by atoms with Crippen LogP contribution >= 0.6 is 0 Å². The normalized spacial score (nSPS) is 15.5. The number of aliphatic hydroxyl groups excluding tert-OH is 1. The third-order valence-corrected chi connectivity index (χ3v) is 15.9. The summed E-state index contributed by atoms with van der Waals surface area (Å²) in [5.74, 6) is 1.72. The third-order valence-electron chi connectivity index (χ3n) is 13.9. The number of fused-ring (bicyclic) bond motifs is 2. The number of unbranched alkanes of at least 4 members (excludes halogenated alkanes) is 2. The highest BCUT2D eigenvalue weighted by atomic mass is 32.2. The maximum atomic E-state index is 14.7. The van der Waals surface area contributed by atoms with Gasteiger partial charge in [-0.05, 0) is 101 Å². The predicted molar refractivity (Wildman–Crippen MR) is 268 cm³/mol. The fourth-order valence-electron chi connectivity index (χ4n) is 10.1. The van der Waals surface area contributed by atoms with Crippen LogP contribution in [0.2, 0.25) is 0 Å². The Morgan fingerprint density at radius 3 is 2.00 bits per heavy atom. The van der Waals surface area contributed by atoms with Gasteiger partial charge >= 0.3 is 0 Å². The quantitative estimate of drug-likeness (QED) is 0.0687. The van der Waals surface area contributed by atoms with Gasteiger partial charge < -0.3 is 14.4 Å². The molecule has 2 atom stereocenters. The summed E-state index contributed by atoms with van der Waals surface area (Å²) < 4.78 is 40.6. The van der Waals surface area contributed by atoms with Gasteiger partial charge in [-0.25, -0.2) is 8.42 Å². The Bertz CT molecular complexity index is 2650. The molecule has 0 spiro atoms. The van der Waals surface area contributed by atoms with E-state index in [0.29, 0.717) is 41.6 Å². The maximum absolute atomic E-state index is 14.7. The number of benzene rings is 5. The van der Waals surface area contributed by atoms with Gasteiger partial charge in [-0.2, -0.15) is 8.88 Å². The van der Waals surface area contributed by atoms with E-state index >= 15 is 0 Å². The Morgan fingerprint density at radius 1 is 0.734 bits per heavy atom. The van der Waals surface area contributed by atoms with E-state index < -0.39 is 16.1 Å². The molecule has 2 heterocycles. The van der Waals surface area contributed by atoms with Crippen molar-refractivity contribution in [3.63, 3.8) is 0 Å². The van der Waals surface area contributed by atoms with E-state index in [1.54, 1.807) is 10.4 Å². The smallest absolute Gasteiger partial charge is 0.243 e. The van der Waals surface area contributed by atoms with Crippen LogP contribution in [-0.2, 0) is 10.0 Å². The lowest BCUT2D eigenvalue weighted by atomic mass is 9.93. The summed E-state index contributed by atoms with van der Waals surface area (Å²) in [6, 6.07) is 33.6. The second-order valence-electron chi connectivity index (χ2n) is 18.5. The molecule has 7 nitrogen and oxygen atoms in total. The van der Waals surface area contributed by atoms with Gasteiger partial charge in [0.05, 0.1) is 17.1 Å². The van der Waals surface area contributed by atoms with Crippen molar-refractivity contribution in [2.45, 2.75) is 131 Å². The summed E-state index contributed by atoms with van der Waals surface area (Å²) in [4.78, 5) is 2.77. The largest absolute Gasteiger partial charge is 0.456 e. The molecule has 4 aromatic carbocycles. The molecule has 0 bridgehead atoms. The van der Waals surface area contributed by atoms with Crippen LogP contribution in [0.4, 0.5) is 17.1 Å². The third kappa shape index (κ3) is 10.0. The van der Waals surface area contributed by atoms with E-state index in [4.69, 9.17) is 4.42 Å². The van der Waals surface area contributed by atoms with Gasteiger partial charge in [0, 0.05) is 82.3 Å². The van der Waals surface area contributed by atoms with Crippen LogP contribution in [0, 0.1) is 39.5 Å². The fraction of sp³-hybridized carbons (Fsp3) is 0.446. The van der Waals surface area contributed by atoms with Gasteiger partial charge in [-0.15, -0.1) is 0 Å². The highest BCUT2D eigenvalue weighted by Gasteiger charge is 2.33. The van der Waals surface area contributed by atoms with Crippen molar-refractivity contribution in [2.24, 2.45) is 11.8 Å². The SMILES string of the molecule is CCCCC(CC)CN(c1ccc2c(-c3ccccc3S(=O)(=O)N3CCC(O)CC3)c3ccc(=[N+](CC(CC)CCCC)c4c(C)cccc4C)cc-3oc2c1)c1c(C)cccc1C. The summed E-state index contributed by atoms with van der Waals surface area (Å²) in [5, 5.41) is 12.2. The van der Waals surface area contributed by atoms with Crippen molar-refractivity contribution in [1.29, 1.82) is 0 Å². The van der Waals surface area contributed by atoms with Crippen LogP contribution in [0.25, 0.3) is 33.4 Å². The van der Waals surface area contributed by atoms with Crippen molar-refractivity contribution in [1.82, 2.24) is 8.88 Å². The number of sulfonamides is 1. The lowest BCUT2D eigenvalue weighted by Gasteiger charge is -2.32. The van der Waals surface area contributed by atoms with Crippen LogP contribution < -0.4 is 14.8 Å². The van der Waals surface area contributed by atoms with Crippen molar-refractivity contribution < 1.29 is 17.9 Å². The molecule has 340 valence electrons. The van der Waals surface area contributed by atoms with Crippen molar-refractivity contribution in [3.8, 4) is 22.5 Å². The van der Waals surface area contributed by atoms with E-state index in [9.17, 15) is 13.5 Å². The number of anilines is 2. The Morgan fingerprint density at radius 2 is 1.36 bits per heavy atom. The Kier molecular flexibility index (Phi) is 15.5. The van der Waals surface area contributed by atoms with E-state index in [2.05, 4.69) is 138 Å². The molecule has 1 N–H and O–H groups in total. The average Bonchev–Trinajstić information content (AvgIpc) is 3.29. The number of nitrogens with zero attached hydrogens (tertiary/aromatic N) is 3. The molecular formula is C56H72N3O4S+. The second-order valence-corrected chi connectivity index (χ2v) is 20.4. The van der Waals surface area contributed by atoms with Crippen LogP contribution in [0.1, 0.15) is 114 Å². The Balaban J connectivity index is 1.53. The molecule has 7 rings (SSSR count). The zero-order valence-electron chi connectivity index (χ0n) is 39.8. The van der Waals surface area contributed by atoms with Gasteiger partial charge in [0.15, 0.2) is 6.54 Å². The molecule has 0 saturated carbocycles. The second kappa shape index (κ2) is 21.0. The standard InChI is InChI=1S/C56H72N3O4S/c1-9-13-23-43(11-3)37-58(55-39(5)19-17-20-40(55)6)45-27-29-48-51(35-45)63-52-36-46(59(38-44(12-4)24-14-10-2)56-41(7)21-18-22-42(56)8)28-30-49(52)54(48)50-25-15-16-26-53(50)64(61,62)57-33-31-47(60)32-34-57/h15-22,25-30,35-36,43-44,47,60H,9-14,23-24,31-34,37-38H2,1-8H3/q+1. The highest BCUT2D eigenvalue weighted by molar-refractivity contribution is 7.89. The molecule has 64 heavy (non-hydrogen) atoms. The number of aryl methyl sites for hydroxylation is 4. The van der Waals surface area contributed by atoms with Gasteiger partial charge in [-0.3, -0.25) is 0 Å². The maximum Gasteiger partial charge on any atom is 0.243 e. The van der Waals surface area contributed by atoms with Gasteiger partial charge in [0.2, 0.25) is 21.1 Å². The Hall–Kier alpha value is -4.76. The van der Waals surface area contributed by atoms with Crippen molar-refractivity contribution >= 4 is 38.1 Å². The van der Waals surface area contributed by atoms with Gasteiger partial charge in [-0.1, -0.05) is 114 Å². The first-order chi connectivity index (χ1) is 30.9. The lowest BCUT2D eigenvalue weighted by Crippen LogP contribution is -2.40. The highest BCUT2D eigenvalue weighted by Crippen LogP contribution is 2.45. The molecule has 1 saturated heterocycles. The van der Waals surface area contributed by atoms with Gasteiger partial charge in [0.1, 0.15) is 11.3 Å². The average molecular weight is 883 g/mol. The minimum absolute atomic E-state index is 0.270. The topological polar surface area (TPSA) is 77.0 Å². The number of hydrogen-bond donors (Lipinski definition) is 1. The first-order valence-electron chi connectivity index (χ1n) is 24.2. The van der Waals surface area contributed by atoms with E-state index in [-0.39, 0.29) is 18.0 Å². The van der Waals surface area contributed by atoms with Gasteiger partial charge in [0.25, 0.3) is 0 Å². The first-order valence-corrected chi connectivity index (χ1v) is 25.6. The summed E-state index contributed by atoms with van der Waals surface area (Å²) in [5.41, 5.74) is 11.5. The van der Waals surface area contributed by atoms with Crippen LogP contribution in [-0.4, -0.2) is 50.1 Å². The molecule has 3 aliphatic rings. The van der Waals surface area contributed by atoms with Crippen LogP contribution in [0.5, 0.6) is 0 Å². The summed E-state index contributed by atoms with van der Waals surface area (Å²) in [6.07, 6.45) is 9.60. The number of rotatable bonds is 18. The van der Waals surface area contributed by atoms with E-state index in [1.165, 1.54) is 72.2 Å². The molecular weight excluding hydrogens is 811 g/mol. The first kappa shape index (κ1) is 47.2. The van der Waals surface area contributed by atoms with E-state index in [1.807, 2.05) is 18.2 Å². The van der Waals surface area contributed by atoms with E-state index in [0.717, 1.165) is 53.5 Å². The van der Waals surface area contributed by atoms with Crippen LogP contribution in [0.15, 0.2) is 106 Å². The molecule has 2 aliphatic heterocycles. The number of aliphatic hydroxyl groups is 1. The zero-order valence-corrected chi connectivity index (χ0v) is 40.6. The molecule has 1 fully saturated rings. The molecule has 0 radical (unpaired) electrons. The predicted octanol–water partition coefficient (Wildman–Crippen LogP) is 13.3. The number of para-hydroxylation sites is 2. The van der Waals surface area contributed by atoms with Crippen molar-refractivity contribution in [2.75, 3.05) is 31.1 Å². The monoisotopic (exact) mass is 883 g/mol. The molecule has 1 aliphatic carbocycles. The summed E-state index contributed by atoms with van der Waals surface area (Å²) >= 11 is 0. The zero-order chi connectivity index (χ0) is 45.5. The summed E-state index contributed by atoms with van der Waals surface area (Å²) in [6.45, 7) is 20.3. The molecule has 2 unspecified atom stereocenters. The van der Waals surface area contributed by atoms with Crippen molar-refractivity contribution in [3.05, 3.63) is 125 Å². The lowest BCUT2D eigenvalue weighted by molar-refractivity contribution is 0.113. The molecule has 0 aromatic heterocycles. The number of hydrogen-bond acceptors (Lipinski definition) is 5. The summed E-state index contributed by atoms with van der Waals surface area (Å²) in [7, 11) is -3.91. The number of piperidine rings is 1. The minimum Gasteiger partial charge on any atom is -0.456 e. The minimum atomic E-state index is -3.91. The molecule has 4 aromatic rings. The van der Waals surface area contributed by atoms with Crippen LogP contribution in [0.3, 0.4) is 0 Å².